The second-order valence-corrected chi connectivity index (χ2v) is 6.89. The summed E-state index contributed by atoms with van der Waals surface area (Å²) in [6.45, 7) is 2.54. The number of aryl methyl sites for hydroxylation is 1. The Morgan fingerprint density at radius 2 is 1.60 bits per heavy atom. The van der Waals surface area contributed by atoms with E-state index < -0.39 is 0 Å². The molecule has 30 heavy (non-hydrogen) atoms. The lowest BCUT2D eigenvalue weighted by molar-refractivity contribution is 0.0949. The number of para-hydroxylation sites is 1. The third kappa shape index (κ3) is 4.41. The fourth-order valence-electron chi connectivity index (χ4n) is 3.22. The van der Waals surface area contributed by atoms with Crippen molar-refractivity contribution in [2.45, 2.75) is 20.1 Å². The molecule has 0 unspecified atom stereocenters. The summed E-state index contributed by atoms with van der Waals surface area (Å²) in [6, 6.07) is 27.2. The van der Waals surface area contributed by atoms with Crippen LogP contribution in [0.2, 0.25) is 0 Å². The summed E-state index contributed by atoms with van der Waals surface area (Å²) in [7, 11) is 0. The first kappa shape index (κ1) is 19.5. The number of nitrogens with zero attached hydrogens (tertiary/aromatic N) is 1. The van der Waals surface area contributed by atoms with Gasteiger partial charge in [0.2, 0.25) is 0 Å². The highest BCUT2D eigenvalue weighted by Crippen LogP contribution is 2.25. The second-order valence-electron chi connectivity index (χ2n) is 6.89. The van der Waals surface area contributed by atoms with E-state index in [0.29, 0.717) is 30.2 Å². The number of carbonyl (C=O) groups excluding carboxylic acids is 1. The van der Waals surface area contributed by atoms with Crippen molar-refractivity contribution in [3.63, 3.8) is 0 Å². The van der Waals surface area contributed by atoms with E-state index in [9.17, 15) is 4.79 Å². The first-order valence-electron chi connectivity index (χ1n) is 9.77. The van der Waals surface area contributed by atoms with Crippen LogP contribution in [0, 0.1) is 6.92 Å². The predicted octanol–water partition coefficient (Wildman–Crippen LogP) is 5.16. The van der Waals surface area contributed by atoms with Crippen molar-refractivity contribution in [1.29, 1.82) is 0 Å². The van der Waals surface area contributed by atoms with Gasteiger partial charge in [-0.05, 0) is 18.6 Å². The maximum atomic E-state index is 12.9. The number of carbonyl (C=O) groups is 1. The summed E-state index contributed by atoms with van der Waals surface area (Å²) in [5, 5.41) is 7.05. The number of benzene rings is 3. The quantitative estimate of drug-likeness (QED) is 0.467. The molecule has 1 heterocycles. The molecule has 0 saturated heterocycles. The molecule has 1 aromatic heterocycles. The highest BCUT2D eigenvalue weighted by molar-refractivity contribution is 6.00. The first-order chi connectivity index (χ1) is 14.7. The topological polar surface area (TPSA) is 64.4 Å². The summed E-state index contributed by atoms with van der Waals surface area (Å²) >= 11 is 0. The van der Waals surface area contributed by atoms with Gasteiger partial charge in [-0.15, -0.1) is 0 Å². The van der Waals surface area contributed by atoms with Gasteiger partial charge in [0.05, 0.1) is 0 Å². The molecule has 0 spiro atoms. The predicted molar refractivity (Wildman–Crippen MR) is 115 cm³/mol. The van der Waals surface area contributed by atoms with Gasteiger partial charge in [0, 0.05) is 17.7 Å². The lowest BCUT2D eigenvalue weighted by atomic mass is 10.1. The molecule has 1 amide bonds. The van der Waals surface area contributed by atoms with Gasteiger partial charge in [0.15, 0.2) is 0 Å². The number of hydrogen-bond acceptors (Lipinski definition) is 4. The Morgan fingerprint density at radius 1 is 0.933 bits per heavy atom. The van der Waals surface area contributed by atoms with E-state index in [0.717, 1.165) is 22.4 Å². The molecule has 5 nitrogen and oxygen atoms in total. The molecule has 4 aromatic rings. The van der Waals surface area contributed by atoms with Crippen molar-refractivity contribution >= 4 is 5.91 Å². The molecule has 3 aromatic carbocycles. The number of amides is 1. The van der Waals surface area contributed by atoms with Crippen LogP contribution >= 0.6 is 0 Å². The molecule has 0 aliphatic carbocycles. The smallest absolute Gasteiger partial charge is 0.257 e. The molecule has 0 saturated carbocycles. The molecule has 5 heteroatoms. The van der Waals surface area contributed by atoms with E-state index in [-0.39, 0.29) is 5.91 Å². The average Bonchev–Trinajstić information content (AvgIpc) is 3.19. The largest absolute Gasteiger partial charge is 0.489 e. The Bertz CT molecular complexity index is 1120. The van der Waals surface area contributed by atoms with E-state index in [4.69, 9.17) is 9.26 Å². The number of nitrogens with one attached hydrogen (secondary N) is 1. The van der Waals surface area contributed by atoms with Crippen LogP contribution in [0.1, 0.15) is 27.2 Å². The minimum absolute atomic E-state index is 0.231. The molecule has 0 aliphatic heterocycles. The summed E-state index contributed by atoms with van der Waals surface area (Å²) in [5.74, 6) is 0.998. The molecule has 0 atom stereocenters. The normalized spacial score (nSPS) is 10.6. The van der Waals surface area contributed by atoms with Crippen LogP contribution in [0.3, 0.4) is 0 Å². The molecule has 0 radical (unpaired) electrons. The molecule has 150 valence electrons. The van der Waals surface area contributed by atoms with Crippen molar-refractivity contribution in [1.82, 2.24) is 10.5 Å². The van der Waals surface area contributed by atoms with Crippen LogP contribution in [-0.4, -0.2) is 11.1 Å². The summed E-state index contributed by atoms with van der Waals surface area (Å²) < 4.78 is 11.3. The summed E-state index contributed by atoms with van der Waals surface area (Å²) in [6.07, 6.45) is 0. The Balaban J connectivity index is 1.47. The number of ether oxygens (including phenoxy) is 1. The van der Waals surface area contributed by atoms with Gasteiger partial charge < -0.3 is 14.6 Å². The van der Waals surface area contributed by atoms with Crippen LogP contribution < -0.4 is 10.1 Å². The third-order valence-electron chi connectivity index (χ3n) is 4.79. The fraction of sp³-hybridized carbons (Fsp3) is 0.120. The van der Waals surface area contributed by atoms with Crippen LogP contribution in [0.4, 0.5) is 0 Å². The molecule has 0 bridgehead atoms. The van der Waals surface area contributed by atoms with Crippen molar-refractivity contribution in [2.75, 3.05) is 0 Å². The van der Waals surface area contributed by atoms with Gasteiger partial charge >= 0.3 is 0 Å². The SMILES string of the molecule is Cc1onc(-c2ccccc2)c1C(=O)NCc1ccccc1OCc1ccccc1. The zero-order valence-electron chi connectivity index (χ0n) is 16.7. The van der Waals surface area contributed by atoms with Crippen molar-refractivity contribution in [2.24, 2.45) is 0 Å². The second kappa shape index (κ2) is 9.09. The van der Waals surface area contributed by atoms with E-state index in [1.165, 1.54) is 0 Å². The highest BCUT2D eigenvalue weighted by Gasteiger charge is 2.21. The lowest BCUT2D eigenvalue weighted by Gasteiger charge is -2.12. The Labute approximate surface area is 175 Å². The van der Waals surface area contributed by atoms with Crippen molar-refractivity contribution < 1.29 is 14.1 Å². The van der Waals surface area contributed by atoms with E-state index in [1.54, 1.807) is 6.92 Å². The van der Waals surface area contributed by atoms with E-state index in [1.807, 2.05) is 84.9 Å². The zero-order chi connectivity index (χ0) is 20.8. The monoisotopic (exact) mass is 398 g/mol. The van der Waals surface area contributed by atoms with Crippen molar-refractivity contribution in [3.8, 4) is 17.0 Å². The number of rotatable bonds is 7. The first-order valence-corrected chi connectivity index (χ1v) is 9.77. The minimum atomic E-state index is -0.231. The number of hydrogen-bond donors (Lipinski definition) is 1. The zero-order valence-corrected chi connectivity index (χ0v) is 16.7. The third-order valence-corrected chi connectivity index (χ3v) is 4.79. The molecular weight excluding hydrogens is 376 g/mol. The Kier molecular flexibility index (Phi) is 5.90. The summed E-state index contributed by atoms with van der Waals surface area (Å²) in [4.78, 5) is 12.9. The van der Waals surface area contributed by atoms with E-state index >= 15 is 0 Å². The van der Waals surface area contributed by atoms with E-state index in [2.05, 4.69) is 10.5 Å². The highest BCUT2D eigenvalue weighted by atomic mass is 16.5. The maximum absolute atomic E-state index is 12.9. The van der Waals surface area contributed by atoms with Crippen LogP contribution in [0.25, 0.3) is 11.3 Å². The Morgan fingerprint density at radius 3 is 2.37 bits per heavy atom. The van der Waals surface area contributed by atoms with Gasteiger partial charge in [0.1, 0.15) is 29.4 Å². The van der Waals surface area contributed by atoms with Gasteiger partial charge in [-0.1, -0.05) is 84.0 Å². The van der Waals surface area contributed by atoms with Gasteiger partial charge in [-0.2, -0.15) is 0 Å². The molecule has 1 N–H and O–H groups in total. The summed E-state index contributed by atoms with van der Waals surface area (Å²) in [5.41, 5.74) is 3.82. The molecule has 0 aliphatic rings. The lowest BCUT2D eigenvalue weighted by Crippen LogP contribution is -2.24. The van der Waals surface area contributed by atoms with Gasteiger partial charge in [0.25, 0.3) is 5.91 Å². The van der Waals surface area contributed by atoms with Crippen molar-refractivity contribution in [3.05, 3.63) is 107 Å². The van der Waals surface area contributed by atoms with Crippen LogP contribution in [-0.2, 0) is 13.2 Å². The Hall–Kier alpha value is -3.86. The standard InChI is InChI=1S/C25H22N2O3/c1-18-23(24(27-30-18)20-12-6-3-7-13-20)25(28)26-16-21-14-8-9-15-22(21)29-17-19-10-4-2-5-11-19/h2-15H,16-17H2,1H3,(H,26,28). The van der Waals surface area contributed by atoms with Crippen LogP contribution in [0.15, 0.2) is 89.5 Å². The number of aromatic nitrogens is 1. The molecular formula is C25H22N2O3. The average molecular weight is 398 g/mol. The maximum Gasteiger partial charge on any atom is 0.257 e. The van der Waals surface area contributed by atoms with Gasteiger partial charge in [-0.3, -0.25) is 4.79 Å². The van der Waals surface area contributed by atoms with Gasteiger partial charge in [-0.25, -0.2) is 0 Å². The fourth-order valence-corrected chi connectivity index (χ4v) is 3.22. The molecule has 4 rings (SSSR count). The molecule has 0 fully saturated rings. The van der Waals surface area contributed by atoms with Crippen LogP contribution in [0.5, 0.6) is 5.75 Å². The minimum Gasteiger partial charge on any atom is -0.489 e.